The summed E-state index contributed by atoms with van der Waals surface area (Å²) in [5.74, 6) is -0.0728. The first-order valence-electron chi connectivity index (χ1n) is 5.62. The summed E-state index contributed by atoms with van der Waals surface area (Å²) in [6.45, 7) is 0. The van der Waals surface area contributed by atoms with E-state index in [1.54, 1.807) is 0 Å². The second-order valence-electron chi connectivity index (χ2n) is 4.18. The van der Waals surface area contributed by atoms with Crippen molar-refractivity contribution >= 4 is 16.1 Å². The first kappa shape index (κ1) is 14.2. The van der Waals surface area contributed by atoms with Crippen molar-refractivity contribution in [2.24, 2.45) is 0 Å². The van der Waals surface area contributed by atoms with E-state index in [0.717, 1.165) is 18.4 Å². The smallest absolute Gasteiger partial charge is 0.175 e. The highest BCUT2D eigenvalue weighted by molar-refractivity contribution is 7.90. The lowest BCUT2D eigenvalue weighted by Gasteiger charge is -2.07. The molecule has 2 rings (SSSR count). The van der Waals surface area contributed by atoms with Crippen molar-refractivity contribution in [3.63, 3.8) is 0 Å². The number of halogens is 1. The van der Waals surface area contributed by atoms with Crippen LogP contribution in [0, 0.1) is 5.82 Å². The van der Waals surface area contributed by atoms with Crippen LogP contribution in [-0.4, -0.2) is 21.0 Å². The lowest BCUT2D eigenvalue weighted by Crippen LogP contribution is -1.96. The molecule has 104 valence electrons. The Balaban J connectivity index is 2.26. The normalized spacial score (nSPS) is 11.1. The zero-order valence-electron chi connectivity index (χ0n) is 10.5. The summed E-state index contributed by atoms with van der Waals surface area (Å²) >= 11 is 0. The Morgan fingerprint density at radius 3 is 2.25 bits per heavy atom. The van der Waals surface area contributed by atoms with Gasteiger partial charge in [-0.3, -0.25) is 4.79 Å². The van der Waals surface area contributed by atoms with Gasteiger partial charge in [-0.15, -0.1) is 0 Å². The van der Waals surface area contributed by atoms with E-state index in [4.69, 9.17) is 4.74 Å². The van der Waals surface area contributed by atoms with Crippen LogP contribution < -0.4 is 4.74 Å². The molecule has 0 aromatic heterocycles. The third kappa shape index (κ3) is 3.42. The van der Waals surface area contributed by atoms with E-state index in [-0.39, 0.29) is 16.2 Å². The van der Waals surface area contributed by atoms with Crippen molar-refractivity contribution in [1.82, 2.24) is 0 Å². The molecular formula is C14H11FO4S. The van der Waals surface area contributed by atoms with Crippen LogP contribution in [0.15, 0.2) is 47.4 Å². The molecule has 0 heterocycles. The molecule has 4 nitrogen and oxygen atoms in total. The van der Waals surface area contributed by atoms with Crippen molar-refractivity contribution in [3.8, 4) is 11.5 Å². The molecule has 0 N–H and O–H groups in total. The van der Waals surface area contributed by atoms with E-state index < -0.39 is 15.7 Å². The Labute approximate surface area is 115 Å². The summed E-state index contributed by atoms with van der Waals surface area (Å²) in [7, 11) is -3.27. The number of aldehydes is 1. The number of hydrogen-bond donors (Lipinski definition) is 0. The summed E-state index contributed by atoms with van der Waals surface area (Å²) < 4.78 is 41.2. The van der Waals surface area contributed by atoms with Crippen LogP contribution in [0.4, 0.5) is 4.39 Å². The molecule has 2 aromatic rings. The molecule has 0 saturated carbocycles. The highest BCUT2D eigenvalue weighted by atomic mass is 32.2. The number of hydrogen-bond acceptors (Lipinski definition) is 4. The molecule has 0 atom stereocenters. The Morgan fingerprint density at radius 2 is 1.70 bits per heavy atom. The third-order valence-corrected chi connectivity index (χ3v) is 3.65. The Kier molecular flexibility index (Phi) is 3.85. The van der Waals surface area contributed by atoms with E-state index in [2.05, 4.69) is 0 Å². The number of rotatable bonds is 4. The Morgan fingerprint density at radius 1 is 1.05 bits per heavy atom. The summed E-state index contributed by atoms with van der Waals surface area (Å²) in [6, 6.07) is 9.32. The SMILES string of the molecule is CS(=O)(=O)c1ccc(Oc2cc(F)cc(C=O)c2)cc1. The van der Waals surface area contributed by atoms with Crippen molar-refractivity contribution in [2.45, 2.75) is 4.90 Å². The maximum absolute atomic E-state index is 13.2. The lowest BCUT2D eigenvalue weighted by atomic mass is 10.2. The molecule has 0 aliphatic heterocycles. The summed E-state index contributed by atoms with van der Waals surface area (Å²) in [5, 5.41) is 0. The molecular weight excluding hydrogens is 283 g/mol. The van der Waals surface area contributed by atoms with Crippen LogP contribution in [0.25, 0.3) is 0 Å². The second kappa shape index (κ2) is 5.42. The largest absolute Gasteiger partial charge is 0.457 e. The van der Waals surface area contributed by atoms with Crippen LogP contribution in [0.3, 0.4) is 0 Å². The van der Waals surface area contributed by atoms with Gasteiger partial charge in [-0.05, 0) is 36.4 Å². The van der Waals surface area contributed by atoms with Gasteiger partial charge in [0.15, 0.2) is 9.84 Å². The fourth-order valence-corrected chi connectivity index (χ4v) is 2.23. The van der Waals surface area contributed by atoms with E-state index in [9.17, 15) is 17.6 Å². The fraction of sp³-hybridized carbons (Fsp3) is 0.0714. The minimum absolute atomic E-state index is 0.160. The molecule has 0 saturated heterocycles. The quantitative estimate of drug-likeness (QED) is 0.814. The number of sulfone groups is 1. The fourth-order valence-electron chi connectivity index (χ4n) is 1.60. The van der Waals surface area contributed by atoms with Gasteiger partial charge in [0.25, 0.3) is 0 Å². The van der Waals surface area contributed by atoms with Crippen molar-refractivity contribution in [3.05, 3.63) is 53.8 Å². The summed E-state index contributed by atoms with van der Waals surface area (Å²) in [4.78, 5) is 10.8. The molecule has 0 aliphatic rings. The monoisotopic (exact) mass is 294 g/mol. The zero-order valence-corrected chi connectivity index (χ0v) is 11.4. The van der Waals surface area contributed by atoms with Crippen molar-refractivity contribution in [2.75, 3.05) is 6.26 Å². The highest BCUT2D eigenvalue weighted by Crippen LogP contribution is 2.24. The first-order valence-corrected chi connectivity index (χ1v) is 7.51. The molecule has 2 aromatic carbocycles. The molecule has 20 heavy (non-hydrogen) atoms. The number of ether oxygens (including phenoxy) is 1. The second-order valence-corrected chi connectivity index (χ2v) is 6.20. The Hall–Kier alpha value is -2.21. The predicted octanol–water partition coefficient (Wildman–Crippen LogP) is 2.83. The first-order chi connectivity index (χ1) is 9.38. The zero-order chi connectivity index (χ0) is 14.8. The average molecular weight is 294 g/mol. The number of benzene rings is 2. The maximum atomic E-state index is 13.2. The van der Waals surface area contributed by atoms with E-state index in [1.165, 1.54) is 30.3 Å². The molecule has 0 bridgehead atoms. The Bertz CT molecular complexity index is 736. The van der Waals surface area contributed by atoms with Gasteiger partial charge in [0, 0.05) is 17.9 Å². The van der Waals surface area contributed by atoms with E-state index in [0.29, 0.717) is 12.0 Å². The van der Waals surface area contributed by atoms with Gasteiger partial charge in [-0.25, -0.2) is 12.8 Å². The predicted molar refractivity (Wildman–Crippen MR) is 71.4 cm³/mol. The number of carbonyl (C=O) groups excluding carboxylic acids is 1. The highest BCUT2D eigenvalue weighted by Gasteiger charge is 2.07. The van der Waals surface area contributed by atoms with Crippen LogP contribution in [0.2, 0.25) is 0 Å². The number of carbonyl (C=O) groups is 1. The minimum atomic E-state index is -3.27. The lowest BCUT2D eigenvalue weighted by molar-refractivity contribution is 0.112. The van der Waals surface area contributed by atoms with Gasteiger partial charge < -0.3 is 4.74 Å². The van der Waals surface area contributed by atoms with Gasteiger partial charge in [0.2, 0.25) is 0 Å². The molecule has 0 fully saturated rings. The molecule has 0 unspecified atom stereocenters. The van der Waals surface area contributed by atoms with Crippen LogP contribution in [-0.2, 0) is 9.84 Å². The molecule has 0 radical (unpaired) electrons. The minimum Gasteiger partial charge on any atom is -0.457 e. The van der Waals surface area contributed by atoms with Gasteiger partial charge in [0.05, 0.1) is 4.90 Å². The standard InChI is InChI=1S/C14H11FO4S/c1-20(17,18)14-4-2-12(3-5-14)19-13-7-10(9-16)6-11(15)8-13/h2-9H,1H3. The maximum Gasteiger partial charge on any atom is 0.175 e. The van der Waals surface area contributed by atoms with Crippen molar-refractivity contribution < 1.29 is 22.3 Å². The van der Waals surface area contributed by atoms with Gasteiger partial charge in [-0.1, -0.05) is 0 Å². The van der Waals surface area contributed by atoms with Crippen LogP contribution in [0.1, 0.15) is 10.4 Å². The van der Waals surface area contributed by atoms with E-state index in [1.807, 2.05) is 0 Å². The molecule has 0 aliphatic carbocycles. The molecule has 0 amide bonds. The topological polar surface area (TPSA) is 60.4 Å². The van der Waals surface area contributed by atoms with Gasteiger partial charge in [0.1, 0.15) is 23.6 Å². The molecule has 0 spiro atoms. The van der Waals surface area contributed by atoms with Gasteiger partial charge >= 0.3 is 0 Å². The molecule has 6 heteroatoms. The van der Waals surface area contributed by atoms with E-state index >= 15 is 0 Å². The third-order valence-electron chi connectivity index (χ3n) is 2.52. The summed E-state index contributed by atoms with van der Waals surface area (Å²) in [5.41, 5.74) is 0.160. The van der Waals surface area contributed by atoms with Crippen molar-refractivity contribution in [1.29, 1.82) is 0 Å². The van der Waals surface area contributed by atoms with Gasteiger partial charge in [-0.2, -0.15) is 0 Å². The average Bonchev–Trinajstić information content (AvgIpc) is 2.37. The van der Waals surface area contributed by atoms with Crippen LogP contribution >= 0.6 is 0 Å². The van der Waals surface area contributed by atoms with Crippen LogP contribution in [0.5, 0.6) is 11.5 Å². The summed E-state index contributed by atoms with van der Waals surface area (Å²) in [6.07, 6.45) is 1.62.